The molecule has 0 aromatic heterocycles. The van der Waals surface area contributed by atoms with E-state index < -0.39 is 6.29 Å². The molecule has 41 heavy (non-hydrogen) atoms. The summed E-state index contributed by atoms with van der Waals surface area (Å²) in [5.41, 5.74) is 3.98. The van der Waals surface area contributed by atoms with Gasteiger partial charge in [0.05, 0.1) is 18.8 Å². The SMILES string of the molecule is CC(=O)NCCCCCC(=O)NCc1ccc([C@H]2O[C@@H](CN3CCCCC3)[C@@H](C)[C@@H](c3ccc(CO)cc3)O2)cc1. The first-order valence-electron chi connectivity index (χ1n) is 15.3. The number of rotatable bonds is 13. The first-order valence-corrected chi connectivity index (χ1v) is 15.3. The number of ether oxygens (including phenoxy) is 2. The maximum atomic E-state index is 12.3. The summed E-state index contributed by atoms with van der Waals surface area (Å²) in [6.45, 7) is 8.01. The summed E-state index contributed by atoms with van der Waals surface area (Å²) in [5, 5.41) is 15.3. The first-order chi connectivity index (χ1) is 19.9. The molecule has 3 N–H and O–H groups in total. The van der Waals surface area contributed by atoms with E-state index >= 15 is 0 Å². The number of nitrogens with zero attached hydrogens (tertiary/aromatic N) is 1. The lowest BCUT2D eigenvalue weighted by Crippen LogP contribution is -2.45. The van der Waals surface area contributed by atoms with Crippen LogP contribution in [0.2, 0.25) is 0 Å². The molecule has 2 amide bonds. The molecule has 0 saturated carbocycles. The predicted molar refractivity (Wildman–Crippen MR) is 159 cm³/mol. The van der Waals surface area contributed by atoms with Crippen molar-refractivity contribution >= 4 is 11.8 Å². The largest absolute Gasteiger partial charge is 0.392 e. The number of hydrogen-bond donors (Lipinski definition) is 3. The Morgan fingerprint density at radius 3 is 2.24 bits per heavy atom. The number of aliphatic hydroxyl groups excluding tert-OH is 1. The van der Waals surface area contributed by atoms with Crippen molar-refractivity contribution in [3.63, 3.8) is 0 Å². The highest BCUT2D eigenvalue weighted by Crippen LogP contribution is 2.42. The summed E-state index contributed by atoms with van der Waals surface area (Å²) in [7, 11) is 0. The third-order valence-corrected chi connectivity index (χ3v) is 8.21. The van der Waals surface area contributed by atoms with Gasteiger partial charge in [-0.2, -0.15) is 0 Å². The maximum Gasteiger partial charge on any atom is 0.220 e. The van der Waals surface area contributed by atoms with E-state index in [1.807, 2.05) is 36.4 Å². The third-order valence-electron chi connectivity index (χ3n) is 8.21. The van der Waals surface area contributed by atoms with Gasteiger partial charge >= 0.3 is 0 Å². The van der Waals surface area contributed by atoms with E-state index in [1.165, 1.54) is 26.2 Å². The second kappa shape index (κ2) is 16.0. The van der Waals surface area contributed by atoms with Crippen molar-refractivity contribution in [1.29, 1.82) is 0 Å². The fraction of sp³-hybridized carbons (Fsp3) is 0.576. The monoisotopic (exact) mass is 565 g/mol. The number of likely N-dealkylation sites (tertiary alicyclic amines) is 1. The quantitative estimate of drug-likeness (QED) is 0.303. The van der Waals surface area contributed by atoms with Crippen LogP contribution in [0.1, 0.15) is 93.4 Å². The minimum absolute atomic E-state index is 0.0180. The molecular weight excluding hydrogens is 518 g/mol. The van der Waals surface area contributed by atoms with Crippen molar-refractivity contribution in [2.45, 2.75) is 90.4 Å². The van der Waals surface area contributed by atoms with E-state index in [0.717, 1.165) is 61.2 Å². The number of carbonyl (C=O) groups is 2. The number of carbonyl (C=O) groups excluding carboxylic acids is 2. The van der Waals surface area contributed by atoms with Crippen LogP contribution in [0.5, 0.6) is 0 Å². The highest BCUT2D eigenvalue weighted by Gasteiger charge is 2.39. The molecule has 8 nitrogen and oxygen atoms in total. The summed E-state index contributed by atoms with van der Waals surface area (Å²) in [5.74, 6) is 0.195. The Hall–Kier alpha value is -2.78. The lowest BCUT2D eigenvalue weighted by molar-refractivity contribution is -0.276. The van der Waals surface area contributed by atoms with Gasteiger partial charge in [0.25, 0.3) is 0 Å². The number of nitrogens with one attached hydrogen (secondary N) is 2. The van der Waals surface area contributed by atoms with Crippen molar-refractivity contribution in [3.8, 4) is 0 Å². The molecular formula is C33H47N3O5. The van der Waals surface area contributed by atoms with Gasteiger partial charge in [0.2, 0.25) is 11.8 Å². The highest BCUT2D eigenvalue weighted by atomic mass is 16.7. The van der Waals surface area contributed by atoms with Gasteiger partial charge in [-0.1, -0.05) is 68.3 Å². The molecule has 0 spiro atoms. The van der Waals surface area contributed by atoms with E-state index in [9.17, 15) is 14.7 Å². The molecule has 8 heteroatoms. The maximum absolute atomic E-state index is 12.3. The van der Waals surface area contributed by atoms with Gasteiger partial charge in [0, 0.05) is 44.5 Å². The standard InChI is InChI=1S/C33H47N3O5/c1-24-30(22-36-19-7-4-8-20-36)40-33(41-32(24)28-14-12-27(23-37)13-15-28)29-16-10-26(11-17-29)21-35-31(39)9-5-3-6-18-34-25(2)38/h10-17,24,30,32-33,37H,3-9,18-23H2,1-2H3,(H,34,38)(H,35,39)/t24-,30+,32+,33+/m1/s1. The van der Waals surface area contributed by atoms with Gasteiger partial charge in [-0.25, -0.2) is 0 Å². The average molecular weight is 566 g/mol. The summed E-state index contributed by atoms with van der Waals surface area (Å²) in [6, 6.07) is 16.2. The molecule has 2 aromatic rings. The Morgan fingerprint density at radius 1 is 0.878 bits per heavy atom. The van der Waals surface area contributed by atoms with Crippen molar-refractivity contribution in [2.24, 2.45) is 5.92 Å². The lowest BCUT2D eigenvalue weighted by Gasteiger charge is -2.43. The van der Waals surface area contributed by atoms with E-state index in [-0.39, 0.29) is 36.5 Å². The Morgan fingerprint density at radius 2 is 1.56 bits per heavy atom. The second-order valence-corrected chi connectivity index (χ2v) is 11.5. The van der Waals surface area contributed by atoms with Gasteiger partial charge in [0.15, 0.2) is 6.29 Å². The number of amides is 2. The number of unbranched alkanes of at least 4 members (excludes halogenated alkanes) is 2. The van der Waals surface area contributed by atoms with E-state index in [0.29, 0.717) is 19.5 Å². The normalized spacial score (nSPS) is 23.2. The molecule has 2 aliphatic heterocycles. The molecule has 2 saturated heterocycles. The molecule has 4 atom stereocenters. The van der Waals surface area contributed by atoms with Crippen molar-refractivity contribution in [1.82, 2.24) is 15.5 Å². The molecule has 0 unspecified atom stereocenters. The Balaban J connectivity index is 1.34. The number of hydrogen-bond acceptors (Lipinski definition) is 6. The van der Waals surface area contributed by atoms with Crippen LogP contribution in [-0.4, -0.2) is 54.1 Å². The van der Waals surface area contributed by atoms with Crippen LogP contribution in [-0.2, 0) is 32.2 Å². The zero-order valence-electron chi connectivity index (χ0n) is 24.6. The number of aliphatic hydroxyl groups is 1. The number of benzene rings is 2. The van der Waals surface area contributed by atoms with Gasteiger partial charge < -0.3 is 30.1 Å². The fourth-order valence-corrected chi connectivity index (χ4v) is 5.66. The smallest absolute Gasteiger partial charge is 0.220 e. The Labute approximate surface area is 244 Å². The van der Waals surface area contributed by atoms with Crippen molar-refractivity contribution in [2.75, 3.05) is 26.2 Å². The van der Waals surface area contributed by atoms with Crippen LogP contribution in [0.15, 0.2) is 48.5 Å². The van der Waals surface area contributed by atoms with Crippen molar-refractivity contribution < 1.29 is 24.2 Å². The Bertz CT molecular complexity index is 1090. The molecule has 2 fully saturated rings. The minimum atomic E-state index is -0.482. The second-order valence-electron chi connectivity index (χ2n) is 11.5. The first kappa shape index (κ1) is 31.2. The fourth-order valence-electron chi connectivity index (χ4n) is 5.66. The molecule has 0 bridgehead atoms. The van der Waals surface area contributed by atoms with Gasteiger partial charge in [0.1, 0.15) is 0 Å². The van der Waals surface area contributed by atoms with Gasteiger partial charge in [-0.05, 0) is 55.5 Å². The van der Waals surface area contributed by atoms with Gasteiger partial charge in [-0.3, -0.25) is 9.59 Å². The lowest BCUT2D eigenvalue weighted by atomic mass is 9.89. The third kappa shape index (κ3) is 9.64. The zero-order valence-corrected chi connectivity index (χ0v) is 24.6. The Kier molecular flexibility index (Phi) is 12.2. The molecule has 0 radical (unpaired) electrons. The molecule has 2 aromatic carbocycles. The molecule has 2 aliphatic rings. The summed E-state index contributed by atoms with van der Waals surface area (Å²) in [6.07, 6.45) is 6.30. The topological polar surface area (TPSA) is 100 Å². The molecule has 4 rings (SSSR count). The van der Waals surface area contributed by atoms with Crippen LogP contribution in [0.4, 0.5) is 0 Å². The molecule has 0 aliphatic carbocycles. The van der Waals surface area contributed by atoms with E-state index in [4.69, 9.17) is 9.47 Å². The molecule has 2 heterocycles. The number of piperidine rings is 1. The summed E-state index contributed by atoms with van der Waals surface area (Å²) >= 11 is 0. The molecule has 224 valence electrons. The van der Waals surface area contributed by atoms with Crippen molar-refractivity contribution in [3.05, 3.63) is 70.8 Å². The van der Waals surface area contributed by atoms with Crippen LogP contribution in [0.3, 0.4) is 0 Å². The van der Waals surface area contributed by atoms with Crippen LogP contribution in [0.25, 0.3) is 0 Å². The highest BCUT2D eigenvalue weighted by molar-refractivity contribution is 5.75. The average Bonchev–Trinajstić information content (AvgIpc) is 2.99. The summed E-state index contributed by atoms with van der Waals surface area (Å²) in [4.78, 5) is 25.7. The van der Waals surface area contributed by atoms with Gasteiger partial charge in [-0.15, -0.1) is 0 Å². The minimum Gasteiger partial charge on any atom is -0.392 e. The predicted octanol–water partition coefficient (Wildman–Crippen LogP) is 4.77. The van der Waals surface area contributed by atoms with E-state index in [2.05, 4.69) is 34.6 Å². The van der Waals surface area contributed by atoms with Crippen LogP contribution in [0, 0.1) is 5.92 Å². The van der Waals surface area contributed by atoms with Crippen LogP contribution < -0.4 is 10.6 Å². The van der Waals surface area contributed by atoms with E-state index in [1.54, 1.807) is 0 Å². The zero-order chi connectivity index (χ0) is 29.0. The van der Waals surface area contributed by atoms with Crippen LogP contribution >= 0.6 is 0 Å². The summed E-state index contributed by atoms with van der Waals surface area (Å²) < 4.78 is 13.2.